The molecule has 19 heavy (non-hydrogen) atoms. The monoisotopic (exact) mass is 274 g/mol. The normalized spacial score (nSPS) is 12.3. The van der Waals surface area contributed by atoms with Crippen LogP contribution in [0, 0.1) is 0 Å². The van der Waals surface area contributed by atoms with Crippen molar-refractivity contribution in [2.75, 3.05) is 20.3 Å². The smallest absolute Gasteiger partial charge is 0.326 e. The maximum atomic E-state index is 12.1. The SMILES string of the molecule is CCCCC(NC(=O)N(CCOC)C(C)C)C(=O)O. The first-order chi connectivity index (χ1) is 8.93. The zero-order valence-corrected chi connectivity index (χ0v) is 12.3. The molecule has 6 nitrogen and oxygen atoms in total. The molecule has 6 heteroatoms. The molecule has 0 heterocycles. The van der Waals surface area contributed by atoms with E-state index in [4.69, 9.17) is 9.84 Å². The van der Waals surface area contributed by atoms with Crippen molar-refractivity contribution in [3.8, 4) is 0 Å². The first-order valence-corrected chi connectivity index (χ1v) is 6.72. The summed E-state index contributed by atoms with van der Waals surface area (Å²) in [7, 11) is 1.57. The highest BCUT2D eigenvalue weighted by atomic mass is 16.5. The Balaban J connectivity index is 4.52. The summed E-state index contributed by atoms with van der Waals surface area (Å²) >= 11 is 0. The van der Waals surface area contributed by atoms with Crippen LogP contribution in [0.2, 0.25) is 0 Å². The minimum atomic E-state index is -0.989. The van der Waals surface area contributed by atoms with Gasteiger partial charge in [-0.1, -0.05) is 19.8 Å². The van der Waals surface area contributed by atoms with Crippen molar-refractivity contribution in [1.29, 1.82) is 0 Å². The van der Waals surface area contributed by atoms with E-state index < -0.39 is 12.0 Å². The lowest BCUT2D eigenvalue weighted by atomic mass is 10.1. The van der Waals surface area contributed by atoms with Crippen LogP contribution < -0.4 is 5.32 Å². The fourth-order valence-corrected chi connectivity index (χ4v) is 1.68. The van der Waals surface area contributed by atoms with E-state index >= 15 is 0 Å². The van der Waals surface area contributed by atoms with Crippen molar-refractivity contribution < 1.29 is 19.4 Å². The van der Waals surface area contributed by atoms with Crippen molar-refractivity contribution in [2.45, 2.75) is 52.1 Å². The van der Waals surface area contributed by atoms with E-state index in [1.807, 2.05) is 20.8 Å². The van der Waals surface area contributed by atoms with Gasteiger partial charge in [-0.2, -0.15) is 0 Å². The van der Waals surface area contributed by atoms with Crippen LogP contribution in [0.5, 0.6) is 0 Å². The Hall–Kier alpha value is -1.30. The number of carboxylic acids is 1. The van der Waals surface area contributed by atoms with E-state index in [2.05, 4.69) is 5.32 Å². The number of ether oxygens (including phenoxy) is 1. The van der Waals surface area contributed by atoms with Crippen LogP contribution in [0.15, 0.2) is 0 Å². The van der Waals surface area contributed by atoms with Gasteiger partial charge in [0, 0.05) is 19.7 Å². The van der Waals surface area contributed by atoms with E-state index in [9.17, 15) is 9.59 Å². The summed E-state index contributed by atoms with van der Waals surface area (Å²) in [6.45, 7) is 6.63. The Bertz CT molecular complexity index is 282. The van der Waals surface area contributed by atoms with Crippen molar-refractivity contribution in [3.63, 3.8) is 0 Å². The molecular formula is C13H26N2O4. The number of rotatable bonds is 9. The van der Waals surface area contributed by atoms with E-state index in [1.165, 1.54) is 0 Å². The van der Waals surface area contributed by atoms with Gasteiger partial charge in [-0.05, 0) is 20.3 Å². The standard InChI is InChI=1S/C13H26N2O4/c1-5-6-7-11(12(16)17)14-13(18)15(10(2)3)8-9-19-4/h10-11H,5-9H2,1-4H3,(H,14,18)(H,16,17). The lowest BCUT2D eigenvalue weighted by molar-refractivity contribution is -0.139. The van der Waals surface area contributed by atoms with Crippen molar-refractivity contribution in [2.24, 2.45) is 0 Å². The molecule has 0 aromatic rings. The molecule has 0 aromatic carbocycles. The van der Waals surface area contributed by atoms with Gasteiger partial charge < -0.3 is 20.1 Å². The van der Waals surface area contributed by atoms with Gasteiger partial charge in [0.1, 0.15) is 6.04 Å². The third-order valence-corrected chi connectivity index (χ3v) is 2.86. The predicted octanol–water partition coefficient (Wildman–Crippen LogP) is 1.70. The van der Waals surface area contributed by atoms with Gasteiger partial charge >= 0.3 is 12.0 Å². The molecule has 0 saturated heterocycles. The molecule has 0 rings (SSSR count). The molecule has 0 fully saturated rings. The third-order valence-electron chi connectivity index (χ3n) is 2.86. The number of urea groups is 1. The molecule has 0 aliphatic carbocycles. The first-order valence-electron chi connectivity index (χ1n) is 6.72. The van der Waals surface area contributed by atoms with Crippen molar-refractivity contribution in [3.05, 3.63) is 0 Å². The molecule has 0 spiro atoms. The molecule has 0 aliphatic rings. The third kappa shape index (κ3) is 7.00. The summed E-state index contributed by atoms with van der Waals surface area (Å²) in [4.78, 5) is 24.7. The van der Waals surface area contributed by atoms with Crippen LogP contribution in [0.3, 0.4) is 0 Å². The number of carbonyl (C=O) groups excluding carboxylic acids is 1. The van der Waals surface area contributed by atoms with Crippen molar-refractivity contribution >= 4 is 12.0 Å². The largest absolute Gasteiger partial charge is 0.480 e. The minimum Gasteiger partial charge on any atom is -0.480 e. The molecule has 1 unspecified atom stereocenters. The van der Waals surface area contributed by atoms with Gasteiger partial charge in [0.15, 0.2) is 0 Å². The Morgan fingerprint density at radius 1 is 1.37 bits per heavy atom. The van der Waals surface area contributed by atoms with Crippen LogP contribution in [0.1, 0.15) is 40.0 Å². The fraction of sp³-hybridized carbons (Fsp3) is 0.846. The molecule has 1 atom stereocenters. The summed E-state index contributed by atoms with van der Waals surface area (Å²) in [6.07, 6.45) is 2.13. The second kappa shape index (κ2) is 9.61. The van der Waals surface area contributed by atoms with E-state index in [0.717, 1.165) is 12.8 Å². The number of unbranched alkanes of at least 4 members (excludes halogenated alkanes) is 1. The maximum absolute atomic E-state index is 12.1. The lowest BCUT2D eigenvalue weighted by Crippen LogP contribution is -2.51. The number of methoxy groups -OCH3 is 1. The van der Waals surface area contributed by atoms with Gasteiger partial charge in [-0.25, -0.2) is 9.59 Å². The summed E-state index contributed by atoms with van der Waals surface area (Å²) in [5, 5.41) is 11.7. The lowest BCUT2D eigenvalue weighted by Gasteiger charge is -2.28. The molecule has 0 radical (unpaired) electrons. The highest BCUT2D eigenvalue weighted by Gasteiger charge is 2.23. The molecule has 0 bridgehead atoms. The highest BCUT2D eigenvalue weighted by Crippen LogP contribution is 2.04. The van der Waals surface area contributed by atoms with Gasteiger partial charge in [-0.15, -0.1) is 0 Å². The van der Waals surface area contributed by atoms with Gasteiger partial charge in [0.05, 0.1) is 6.61 Å². The first kappa shape index (κ1) is 17.7. The number of hydrogen-bond donors (Lipinski definition) is 2. The van der Waals surface area contributed by atoms with Gasteiger partial charge in [0.25, 0.3) is 0 Å². The predicted molar refractivity (Wildman–Crippen MR) is 73.2 cm³/mol. The average molecular weight is 274 g/mol. The zero-order chi connectivity index (χ0) is 14.8. The summed E-state index contributed by atoms with van der Waals surface area (Å²) in [6, 6.07) is -1.18. The molecule has 112 valence electrons. The highest BCUT2D eigenvalue weighted by molar-refractivity contribution is 5.82. The van der Waals surface area contributed by atoms with Gasteiger partial charge in [-0.3, -0.25) is 0 Å². The van der Waals surface area contributed by atoms with Crippen LogP contribution in [0.4, 0.5) is 4.79 Å². The number of nitrogens with zero attached hydrogens (tertiary/aromatic N) is 1. The molecule has 0 aliphatic heterocycles. The number of hydrogen-bond acceptors (Lipinski definition) is 3. The Morgan fingerprint density at radius 2 is 2.00 bits per heavy atom. The maximum Gasteiger partial charge on any atom is 0.326 e. The topological polar surface area (TPSA) is 78.9 Å². The Kier molecular flexibility index (Phi) is 8.95. The van der Waals surface area contributed by atoms with Crippen LogP contribution in [-0.4, -0.2) is 54.4 Å². The average Bonchev–Trinajstić information content (AvgIpc) is 2.34. The number of amides is 2. The number of carbonyl (C=O) groups is 2. The van der Waals surface area contributed by atoms with E-state index in [-0.39, 0.29) is 12.1 Å². The van der Waals surface area contributed by atoms with E-state index in [1.54, 1.807) is 12.0 Å². The number of nitrogens with one attached hydrogen (secondary N) is 1. The molecule has 2 N–H and O–H groups in total. The Labute approximate surface area is 115 Å². The quantitative estimate of drug-likeness (QED) is 0.670. The zero-order valence-electron chi connectivity index (χ0n) is 12.3. The minimum absolute atomic E-state index is 0.00392. The fourth-order valence-electron chi connectivity index (χ4n) is 1.68. The molecule has 0 saturated carbocycles. The summed E-state index contributed by atoms with van der Waals surface area (Å²) < 4.78 is 4.95. The van der Waals surface area contributed by atoms with Crippen molar-refractivity contribution in [1.82, 2.24) is 10.2 Å². The second-order valence-corrected chi connectivity index (χ2v) is 4.76. The molecule has 0 aromatic heterocycles. The van der Waals surface area contributed by atoms with Crippen LogP contribution in [-0.2, 0) is 9.53 Å². The van der Waals surface area contributed by atoms with E-state index in [0.29, 0.717) is 19.6 Å². The summed E-state index contributed by atoms with van der Waals surface area (Å²) in [5.74, 6) is -0.989. The van der Waals surface area contributed by atoms with Crippen LogP contribution >= 0.6 is 0 Å². The molecule has 2 amide bonds. The Morgan fingerprint density at radius 3 is 2.42 bits per heavy atom. The van der Waals surface area contributed by atoms with Crippen LogP contribution in [0.25, 0.3) is 0 Å². The second-order valence-electron chi connectivity index (χ2n) is 4.76. The van der Waals surface area contributed by atoms with Gasteiger partial charge in [0.2, 0.25) is 0 Å². The summed E-state index contributed by atoms with van der Waals surface area (Å²) in [5.41, 5.74) is 0. The number of carboxylic acid groups (broad SMARTS) is 1. The number of aliphatic carboxylic acids is 1. The molecular weight excluding hydrogens is 248 g/mol.